The molecule has 0 radical (unpaired) electrons. The lowest BCUT2D eigenvalue weighted by molar-refractivity contribution is -0.120. The number of methoxy groups -OCH3 is 1. The Morgan fingerprint density at radius 2 is 2.12 bits per heavy atom. The van der Waals surface area contributed by atoms with Gasteiger partial charge in [0.25, 0.3) is 0 Å². The van der Waals surface area contributed by atoms with Gasteiger partial charge in [-0.15, -0.1) is 0 Å². The Labute approximate surface area is 102 Å². The number of ether oxygens (including phenoxy) is 1. The van der Waals surface area contributed by atoms with Crippen molar-refractivity contribution in [3.05, 3.63) is 29.8 Å². The molecule has 94 valence electrons. The summed E-state index contributed by atoms with van der Waals surface area (Å²) < 4.78 is 5.26. The second kappa shape index (κ2) is 6.91. The van der Waals surface area contributed by atoms with Crippen molar-refractivity contribution >= 4 is 5.91 Å². The zero-order chi connectivity index (χ0) is 12.7. The zero-order valence-corrected chi connectivity index (χ0v) is 10.6. The van der Waals surface area contributed by atoms with Gasteiger partial charge >= 0.3 is 0 Å². The Kier molecular flexibility index (Phi) is 5.49. The van der Waals surface area contributed by atoms with Crippen molar-refractivity contribution in [1.29, 1.82) is 0 Å². The number of rotatable bonds is 6. The third kappa shape index (κ3) is 4.07. The molecule has 0 aliphatic heterocycles. The molecule has 0 fully saturated rings. The molecule has 17 heavy (non-hydrogen) atoms. The molecule has 4 heteroatoms. The highest BCUT2D eigenvalue weighted by Crippen LogP contribution is 2.23. The minimum atomic E-state index is -0.0580. The molecule has 1 aromatic carbocycles. The molecule has 1 atom stereocenters. The Bertz CT molecular complexity index is 366. The summed E-state index contributed by atoms with van der Waals surface area (Å²) in [4.78, 5) is 11.6. The van der Waals surface area contributed by atoms with Gasteiger partial charge in [-0.1, -0.05) is 25.1 Å². The lowest BCUT2D eigenvalue weighted by atomic mass is 10.1. The van der Waals surface area contributed by atoms with E-state index in [1.54, 1.807) is 7.11 Å². The van der Waals surface area contributed by atoms with Crippen molar-refractivity contribution in [2.75, 3.05) is 20.2 Å². The molecule has 0 aliphatic carbocycles. The van der Waals surface area contributed by atoms with E-state index < -0.39 is 0 Å². The van der Waals surface area contributed by atoms with Gasteiger partial charge in [0.1, 0.15) is 5.75 Å². The van der Waals surface area contributed by atoms with Crippen LogP contribution in [0.15, 0.2) is 24.3 Å². The van der Waals surface area contributed by atoms with E-state index in [0.29, 0.717) is 6.54 Å². The van der Waals surface area contributed by atoms with Gasteiger partial charge in [-0.2, -0.15) is 0 Å². The maximum Gasteiger partial charge on any atom is 0.234 e. The third-order valence-electron chi connectivity index (χ3n) is 2.52. The first kappa shape index (κ1) is 13.5. The molecule has 0 heterocycles. The summed E-state index contributed by atoms with van der Waals surface area (Å²) in [6.45, 7) is 5.05. The highest BCUT2D eigenvalue weighted by molar-refractivity contribution is 5.78. The van der Waals surface area contributed by atoms with Crippen LogP contribution in [0.3, 0.4) is 0 Å². The lowest BCUT2D eigenvalue weighted by Crippen LogP contribution is -2.35. The molecule has 1 aromatic rings. The molecule has 1 unspecified atom stereocenters. The quantitative estimate of drug-likeness (QED) is 0.786. The molecule has 0 saturated carbocycles. The van der Waals surface area contributed by atoms with Crippen LogP contribution in [0.5, 0.6) is 5.75 Å². The minimum Gasteiger partial charge on any atom is -0.496 e. The van der Waals surface area contributed by atoms with E-state index in [4.69, 9.17) is 4.74 Å². The van der Waals surface area contributed by atoms with Crippen molar-refractivity contribution in [1.82, 2.24) is 10.6 Å². The molecule has 0 saturated heterocycles. The standard InChI is InChI=1S/C13H20N2O2/c1-4-14-9-13(16)15-10(2)11-7-5-6-8-12(11)17-3/h5-8,10,14H,4,9H2,1-3H3,(H,15,16). The van der Waals surface area contributed by atoms with Crippen LogP contribution in [0, 0.1) is 0 Å². The van der Waals surface area contributed by atoms with Gasteiger partial charge in [-0.3, -0.25) is 4.79 Å². The number of para-hydroxylation sites is 1. The number of carbonyl (C=O) groups is 1. The molecule has 0 bridgehead atoms. The van der Waals surface area contributed by atoms with Crippen molar-refractivity contribution in [3.63, 3.8) is 0 Å². The van der Waals surface area contributed by atoms with E-state index in [1.165, 1.54) is 0 Å². The van der Waals surface area contributed by atoms with Gasteiger partial charge < -0.3 is 15.4 Å². The number of hydrogen-bond donors (Lipinski definition) is 2. The molecular formula is C13H20N2O2. The van der Waals surface area contributed by atoms with Gasteiger partial charge in [0.05, 0.1) is 19.7 Å². The lowest BCUT2D eigenvalue weighted by Gasteiger charge is -2.17. The molecule has 0 aliphatic rings. The summed E-state index contributed by atoms with van der Waals surface area (Å²) in [6, 6.07) is 7.64. The highest BCUT2D eigenvalue weighted by atomic mass is 16.5. The van der Waals surface area contributed by atoms with Crippen LogP contribution in [0.25, 0.3) is 0 Å². The monoisotopic (exact) mass is 236 g/mol. The van der Waals surface area contributed by atoms with Crippen LogP contribution in [-0.4, -0.2) is 26.1 Å². The van der Waals surface area contributed by atoms with E-state index in [-0.39, 0.29) is 11.9 Å². The van der Waals surface area contributed by atoms with Gasteiger partial charge in [-0.25, -0.2) is 0 Å². The molecule has 1 rings (SSSR count). The molecule has 1 amide bonds. The average Bonchev–Trinajstić information content (AvgIpc) is 2.36. The minimum absolute atomic E-state index is 0.00902. The summed E-state index contributed by atoms with van der Waals surface area (Å²) in [5, 5.41) is 5.91. The van der Waals surface area contributed by atoms with Crippen LogP contribution in [0.4, 0.5) is 0 Å². The fraction of sp³-hybridized carbons (Fsp3) is 0.462. The van der Waals surface area contributed by atoms with Gasteiger partial charge in [0.2, 0.25) is 5.91 Å². The first-order chi connectivity index (χ1) is 8.19. The summed E-state index contributed by atoms with van der Waals surface area (Å²) in [7, 11) is 1.63. The van der Waals surface area contributed by atoms with Crippen molar-refractivity contribution in [2.24, 2.45) is 0 Å². The van der Waals surface area contributed by atoms with Crippen LogP contribution < -0.4 is 15.4 Å². The largest absolute Gasteiger partial charge is 0.496 e. The number of hydrogen-bond acceptors (Lipinski definition) is 3. The van der Waals surface area contributed by atoms with E-state index in [0.717, 1.165) is 17.9 Å². The Morgan fingerprint density at radius 1 is 1.41 bits per heavy atom. The van der Waals surface area contributed by atoms with Crippen molar-refractivity contribution in [3.8, 4) is 5.75 Å². The predicted octanol–water partition coefficient (Wildman–Crippen LogP) is 1.48. The fourth-order valence-corrected chi connectivity index (χ4v) is 1.63. The number of nitrogens with one attached hydrogen (secondary N) is 2. The second-order valence-corrected chi connectivity index (χ2v) is 3.81. The molecule has 4 nitrogen and oxygen atoms in total. The Morgan fingerprint density at radius 3 is 2.76 bits per heavy atom. The molecule has 2 N–H and O–H groups in total. The average molecular weight is 236 g/mol. The highest BCUT2D eigenvalue weighted by Gasteiger charge is 2.12. The van der Waals surface area contributed by atoms with Gasteiger partial charge in [0.15, 0.2) is 0 Å². The zero-order valence-electron chi connectivity index (χ0n) is 10.6. The maximum absolute atomic E-state index is 11.6. The molecule has 0 aromatic heterocycles. The number of likely N-dealkylation sites (N-methyl/N-ethyl adjacent to an activating group) is 1. The van der Waals surface area contributed by atoms with Crippen LogP contribution >= 0.6 is 0 Å². The van der Waals surface area contributed by atoms with E-state index in [2.05, 4.69) is 10.6 Å². The smallest absolute Gasteiger partial charge is 0.234 e. The first-order valence-electron chi connectivity index (χ1n) is 5.82. The first-order valence-corrected chi connectivity index (χ1v) is 5.82. The van der Waals surface area contributed by atoms with Crippen molar-refractivity contribution in [2.45, 2.75) is 19.9 Å². The van der Waals surface area contributed by atoms with E-state index >= 15 is 0 Å². The van der Waals surface area contributed by atoms with Crippen LogP contribution in [-0.2, 0) is 4.79 Å². The normalized spacial score (nSPS) is 11.9. The SMILES string of the molecule is CCNCC(=O)NC(C)c1ccccc1OC. The Balaban J connectivity index is 2.62. The predicted molar refractivity (Wildman–Crippen MR) is 68.1 cm³/mol. The van der Waals surface area contributed by atoms with Gasteiger partial charge in [-0.05, 0) is 19.5 Å². The summed E-state index contributed by atoms with van der Waals surface area (Å²) in [5.41, 5.74) is 0.986. The number of carbonyl (C=O) groups excluding carboxylic acids is 1. The van der Waals surface area contributed by atoms with Crippen LogP contribution in [0.1, 0.15) is 25.5 Å². The summed E-state index contributed by atoms with van der Waals surface area (Å²) in [5.74, 6) is 0.786. The molecule has 0 spiro atoms. The number of amides is 1. The summed E-state index contributed by atoms with van der Waals surface area (Å²) in [6.07, 6.45) is 0. The van der Waals surface area contributed by atoms with E-state index in [1.807, 2.05) is 38.1 Å². The summed E-state index contributed by atoms with van der Waals surface area (Å²) >= 11 is 0. The van der Waals surface area contributed by atoms with Crippen molar-refractivity contribution < 1.29 is 9.53 Å². The maximum atomic E-state index is 11.6. The van der Waals surface area contributed by atoms with Crippen LogP contribution in [0.2, 0.25) is 0 Å². The fourth-order valence-electron chi connectivity index (χ4n) is 1.63. The third-order valence-corrected chi connectivity index (χ3v) is 2.52. The number of benzene rings is 1. The molecular weight excluding hydrogens is 216 g/mol. The second-order valence-electron chi connectivity index (χ2n) is 3.81. The van der Waals surface area contributed by atoms with Gasteiger partial charge in [0, 0.05) is 5.56 Å². The van der Waals surface area contributed by atoms with E-state index in [9.17, 15) is 4.79 Å². The topological polar surface area (TPSA) is 50.4 Å². The Hall–Kier alpha value is -1.55.